The van der Waals surface area contributed by atoms with Gasteiger partial charge >= 0.3 is 0 Å². The van der Waals surface area contributed by atoms with E-state index in [0.717, 1.165) is 66.7 Å². The Bertz CT molecular complexity index is 680. The molecule has 1 saturated heterocycles. The van der Waals surface area contributed by atoms with E-state index in [2.05, 4.69) is 37.7 Å². The van der Waals surface area contributed by atoms with Crippen LogP contribution < -0.4 is 4.74 Å². The maximum absolute atomic E-state index is 5.80. The second kappa shape index (κ2) is 6.02. The molecule has 0 aliphatic carbocycles. The average molecular weight is 364 g/mol. The minimum Gasteiger partial charge on any atom is -0.483 e. The first-order valence-corrected chi connectivity index (χ1v) is 8.39. The van der Waals surface area contributed by atoms with Crippen LogP contribution in [0.2, 0.25) is 0 Å². The summed E-state index contributed by atoms with van der Waals surface area (Å²) in [5, 5.41) is 0. The van der Waals surface area contributed by atoms with E-state index in [1.807, 2.05) is 12.1 Å². The summed E-state index contributed by atoms with van der Waals surface area (Å²) in [5.74, 6) is 1.88. The Morgan fingerprint density at radius 2 is 2.09 bits per heavy atom. The lowest BCUT2D eigenvalue weighted by atomic mass is 10.2. The molecule has 116 valence electrons. The highest BCUT2D eigenvalue weighted by Gasteiger charge is 2.20. The third-order valence-electron chi connectivity index (χ3n) is 4.15. The van der Waals surface area contributed by atoms with Gasteiger partial charge in [0, 0.05) is 36.7 Å². The zero-order chi connectivity index (χ0) is 14.9. The number of nitrogens with zero attached hydrogens (tertiary/aromatic N) is 3. The van der Waals surface area contributed by atoms with Crippen molar-refractivity contribution in [1.82, 2.24) is 14.5 Å². The normalized spacial score (nSPS) is 17.7. The van der Waals surface area contributed by atoms with E-state index in [-0.39, 0.29) is 0 Å². The second-order valence-electron chi connectivity index (χ2n) is 5.62. The summed E-state index contributed by atoms with van der Waals surface area (Å²) in [7, 11) is 0. The largest absolute Gasteiger partial charge is 0.483 e. The first-order chi connectivity index (χ1) is 10.8. The fraction of sp³-hybridized carbons (Fsp3) is 0.438. The van der Waals surface area contributed by atoms with Gasteiger partial charge in [0.05, 0.1) is 24.6 Å². The molecule has 5 nitrogen and oxygen atoms in total. The van der Waals surface area contributed by atoms with Crippen molar-refractivity contribution in [3.8, 4) is 11.4 Å². The van der Waals surface area contributed by atoms with Gasteiger partial charge in [-0.15, -0.1) is 0 Å². The molecule has 0 N–H and O–H groups in total. The van der Waals surface area contributed by atoms with Crippen LogP contribution in [0, 0.1) is 0 Å². The van der Waals surface area contributed by atoms with Crippen molar-refractivity contribution in [1.29, 1.82) is 0 Å². The average Bonchev–Trinajstić information content (AvgIpc) is 2.97. The Balaban J connectivity index is 1.52. The Morgan fingerprint density at radius 1 is 1.23 bits per heavy atom. The molecular formula is C16H18BrN3O2. The van der Waals surface area contributed by atoms with Gasteiger partial charge in [-0.3, -0.25) is 9.47 Å². The summed E-state index contributed by atoms with van der Waals surface area (Å²) in [4.78, 5) is 7.16. The van der Waals surface area contributed by atoms with E-state index in [1.54, 1.807) is 0 Å². The van der Waals surface area contributed by atoms with E-state index < -0.39 is 0 Å². The van der Waals surface area contributed by atoms with Crippen LogP contribution in [0.4, 0.5) is 0 Å². The molecule has 22 heavy (non-hydrogen) atoms. The molecule has 0 spiro atoms. The molecule has 1 aromatic heterocycles. The Morgan fingerprint density at radius 3 is 2.95 bits per heavy atom. The maximum atomic E-state index is 5.80. The standard InChI is InChI=1S/C16H18BrN3O2/c17-12-1-2-14-15(9-12)22-11-16-18-13(10-20(14)16)3-4-19-5-7-21-8-6-19/h1-2,9-10H,3-8,11H2. The van der Waals surface area contributed by atoms with Crippen LogP contribution in [0.1, 0.15) is 11.5 Å². The van der Waals surface area contributed by atoms with Crippen molar-refractivity contribution in [2.75, 3.05) is 32.8 Å². The van der Waals surface area contributed by atoms with Crippen molar-refractivity contribution in [2.45, 2.75) is 13.0 Å². The van der Waals surface area contributed by atoms with Gasteiger partial charge in [-0.25, -0.2) is 4.98 Å². The van der Waals surface area contributed by atoms with Crippen LogP contribution in [0.15, 0.2) is 28.9 Å². The van der Waals surface area contributed by atoms with E-state index in [4.69, 9.17) is 14.5 Å². The Labute approximate surface area is 138 Å². The molecule has 3 heterocycles. The Kier molecular flexibility index (Phi) is 3.90. The fourth-order valence-electron chi connectivity index (χ4n) is 2.95. The zero-order valence-electron chi connectivity index (χ0n) is 12.3. The summed E-state index contributed by atoms with van der Waals surface area (Å²) in [6.45, 7) is 5.29. The van der Waals surface area contributed by atoms with E-state index >= 15 is 0 Å². The monoisotopic (exact) mass is 363 g/mol. The number of rotatable bonds is 3. The fourth-order valence-corrected chi connectivity index (χ4v) is 3.29. The molecule has 0 saturated carbocycles. The molecule has 2 aromatic rings. The molecule has 0 unspecified atom stereocenters. The molecular weight excluding hydrogens is 346 g/mol. The van der Waals surface area contributed by atoms with Gasteiger partial charge in [0.2, 0.25) is 0 Å². The Hall–Kier alpha value is -1.37. The molecule has 6 heteroatoms. The lowest BCUT2D eigenvalue weighted by molar-refractivity contribution is 0.0383. The van der Waals surface area contributed by atoms with Crippen molar-refractivity contribution < 1.29 is 9.47 Å². The van der Waals surface area contributed by atoms with Gasteiger partial charge in [-0.2, -0.15) is 0 Å². The van der Waals surface area contributed by atoms with Crippen molar-refractivity contribution in [3.63, 3.8) is 0 Å². The number of aromatic nitrogens is 2. The first kappa shape index (κ1) is 14.2. The van der Waals surface area contributed by atoms with Gasteiger partial charge < -0.3 is 9.47 Å². The number of ether oxygens (including phenoxy) is 2. The zero-order valence-corrected chi connectivity index (χ0v) is 13.9. The molecule has 0 amide bonds. The third-order valence-corrected chi connectivity index (χ3v) is 4.65. The van der Waals surface area contributed by atoms with Gasteiger partial charge in [0.1, 0.15) is 12.4 Å². The topological polar surface area (TPSA) is 39.5 Å². The smallest absolute Gasteiger partial charge is 0.151 e. The summed E-state index contributed by atoms with van der Waals surface area (Å²) in [6.07, 6.45) is 3.11. The number of benzene rings is 1. The molecule has 0 atom stereocenters. The minimum absolute atomic E-state index is 0.529. The van der Waals surface area contributed by atoms with Crippen LogP contribution in [0.25, 0.3) is 5.69 Å². The van der Waals surface area contributed by atoms with Crippen molar-refractivity contribution in [2.24, 2.45) is 0 Å². The van der Waals surface area contributed by atoms with E-state index in [9.17, 15) is 0 Å². The molecule has 2 aliphatic rings. The number of hydrogen-bond donors (Lipinski definition) is 0. The first-order valence-electron chi connectivity index (χ1n) is 7.59. The lowest BCUT2D eigenvalue weighted by Crippen LogP contribution is -2.37. The maximum Gasteiger partial charge on any atom is 0.151 e. The van der Waals surface area contributed by atoms with Gasteiger partial charge in [0.25, 0.3) is 0 Å². The summed E-state index contributed by atoms with van der Waals surface area (Å²) in [6, 6.07) is 6.10. The van der Waals surface area contributed by atoms with Crippen molar-refractivity contribution >= 4 is 15.9 Å². The van der Waals surface area contributed by atoms with Crippen LogP contribution in [0.3, 0.4) is 0 Å². The van der Waals surface area contributed by atoms with Crippen molar-refractivity contribution in [3.05, 3.63) is 40.4 Å². The third kappa shape index (κ3) is 2.78. The number of fused-ring (bicyclic) bond motifs is 3. The lowest BCUT2D eigenvalue weighted by Gasteiger charge is -2.26. The molecule has 0 bridgehead atoms. The SMILES string of the molecule is Brc1ccc2c(c1)OCc1nc(CCN3CCOCC3)cn1-2. The number of imidazole rings is 1. The highest BCUT2D eigenvalue weighted by atomic mass is 79.9. The summed E-state index contributed by atoms with van der Waals surface area (Å²) in [5.41, 5.74) is 2.19. The minimum atomic E-state index is 0.529. The molecule has 1 fully saturated rings. The van der Waals surface area contributed by atoms with Crippen LogP contribution >= 0.6 is 15.9 Å². The van der Waals surface area contributed by atoms with Crippen LogP contribution in [0.5, 0.6) is 5.75 Å². The quantitative estimate of drug-likeness (QED) is 0.839. The van der Waals surface area contributed by atoms with Crippen LogP contribution in [-0.4, -0.2) is 47.3 Å². The molecule has 0 radical (unpaired) electrons. The van der Waals surface area contributed by atoms with Gasteiger partial charge in [-0.05, 0) is 18.2 Å². The number of hydrogen-bond acceptors (Lipinski definition) is 4. The highest BCUT2D eigenvalue weighted by molar-refractivity contribution is 9.10. The van der Waals surface area contributed by atoms with Crippen LogP contribution in [-0.2, 0) is 17.8 Å². The highest BCUT2D eigenvalue weighted by Crippen LogP contribution is 2.32. The molecule has 2 aliphatic heterocycles. The predicted molar refractivity (Wildman–Crippen MR) is 86.6 cm³/mol. The molecule has 4 rings (SSSR count). The summed E-state index contributed by atoms with van der Waals surface area (Å²) >= 11 is 3.48. The number of morpholine rings is 1. The second-order valence-corrected chi connectivity index (χ2v) is 6.54. The van der Waals surface area contributed by atoms with E-state index in [0.29, 0.717) is 6.61 Å². The van der Waals surface area contributed by atoms with Gasteiger partial charge in [0.15, 0.2) is 5.82 Å². The predicted octanol–water partition coefficient (Wildman–Crippen LogP) is 2.40. The van der Waals surface area contributed by atoms with Gasteiger partial charge in [-0.1, -0.05) is 15.9 Å². The summed E-state index contributed by atoms with van der Waals surface area (Å²) < 4.78 is 14.4. The number of halogens is 1. The van der Waals surface area contributed by atoms with E-state index in [1.165, 1.54) is 0 Å². The molecule has 1 aromatic carbocycles.